The molecule has 0 aliphatic rings. The highest BCUT2D eigenvalue weighted by Crippen LogP contribution is 2.10. The maximum absolute atomic E-state index is 4.57. The topological polar surface area (TPSA) is 29.9 Å². The maximum atomic E-state index is 4.57. The first-order chi connectivity index (χ1) is 8.17. The van der Waals surface area contributed by atoms with Gasteiger partial charge < -0.3 is 5.32 Å². The zero-order chi connectivity index (χ0) is 12.7. The van der Waals surface area contributed by atoms with Gasteiger partial charge in [0.25, 0.3) is 0 Å². The van der Waals surface area contributed by atoms with Crippen molar-refractivity contribution < 1.29 is 0 Å². The molecule has 3 nitrogen and oxygen atoms in total. The number of nitrogens with one attached hydrogen (secondary N) is 1. The first kappa shape index (κ1) is 14.2. The molecule has 0 amide bonds. The molecule has 0 saturated heterocycles. The Hall–Kier alpha value is -0.830. The van der Waals surface area contributed by atoms with E-state index in [-0.39, 0.29) is 0 Å². The van der Waals surface area contributed by atoms with Crippen molar-refractivity contribution in [3.63, 3.8) is 0 Å². The Bertz CT molecular complexity index is 304. The van der Waals surface area contributed by atoms with E-state index in [0.29, 0.717) is 12.1 Å². The fourth-order valence-electron chi connectivity index (χ4n) is 2.11. The summed E-state index contributed by atoms with van der Waals surface area (Å²) in [6.45, 7) is 6.57. The van der Waals surface area contributed by atoms with E-state index in [1.165, 1.54) is 31.4 Å². The third-order valence-corrected chi connectivity index (χ3v) is 3.22. The van der Waals surface area contributed by atoms with Crippen molar-refractivity contribution in [3.05, 3.63) is 18.0 Å². The van der Waals surface area contributed by atoms with Crippen LogP contribution in [0, 0.1) is 0 Å². The summed E-state index contributed by atoms with van der Waals surface area (Å²) in [5.41, 5.74) is 1.23. The second kappa shape index (κ2) is 7.49. The second-order valence-electron chi connectivity index (χ2n) is 5.05. The smallest absolute Gasteiger partial charge is 0.0624 e. The van der Waals surface area contributed by atoms with Gasteiger partial charge >= 0.3 is 0 Å². The van der Waals surface area contributed by atoms with Gasteiger partial charge in [-0.1, -0.05) is 13.3 Å². The SMILES string of the molecule is CCCC(CCCc1ccn(C(C)C)n1)NC. The number of hydrogen-bond donors (Lipinski definition) is 1. The van der Waals surface area contributed by atoms with Crippen molar-refractivity contribution in [2.45, 2.75) is 65.0 Å². The van der Waals surface area contributed by atoms with Crippen LogP contribution in [0.5, 0.6) is 0 Å². The van der Waals surface area contributed by atoms with Gasteiger partial charge in [0.1, 0.15) is 0 Å². The molecule has 1 aromatic rings. The summed E-state index contributed by atoms with van der Waals surface area (Å²) in [5, 5.41) is 7.96. The van der Waals surface area contributed by atoms with Gasteiger partial charge in [0, 0.05) is 18.3 Å². The molecule has 1 N–H and O–H groups in total. The molecule has 0 spiro atoms. The van der Waals surface area contributed by atoms with E-state index in [4.69, 9.17) is 0 Å². The Morgan fingerprint density at radius 2 is 2.12 bits per heavy atom. The Balaban J connectivity index is 2.29. The molecule has 17 heavy (non-hydrogen) atoms. The third kappa shape index (κ3) is 4.90. The molecule has 0 aliphatic heterocycles. The molecule has 1 heterocycles. The van der Waals surface area contributed by atoms with Crippen LogP contribution in [0.2, 0.25) is 0 Å². The highest BCUT2D eigenvalue weighted by molar-refractivity contribution is 4.99. The zero-order valence-corrected chi connectivity index (χ0v) is 11.7. The summed E-state index contributed by atoms with van der Waals surface area (Å²) in [6, 6.07) is 3.29. The lowest BCUT2D eigenvalue weighted by atomic mass is 10.0. The summed E-state index contributed by atoms with van der Waals surface area (Å²) in [4.78, 5) is 0. The van der Waals surface area contributed by atoms with Crippen molar-refractivity contribution >= 4 is 0 Å². The monoisotopic (exact) mass is 237 g/mol. The Kier molecular flexibility index (Phi) is 6.27. The van der Waals surface area contributed by atoms with Crippen LogP contribution >= 0.6 is 0 Å². The van der Waals surface area contributed by atoms with E-state index in [9.17, 15) is 0 Å². The van der Waals surface area contributed by atoms with Gasteiger partial charge in [0.15, 0.2) is 0 Å². The first-order valence-electron chi connectivity index (χ1n) is 6.88. The lowest BCUT2D eigenvalue weighted by Gasteiger charge is -2.14. The van der Waals surface area contributed by atoms with Crippen LogP contribution in [0.1, 0.15) is 58.2 Å². The molecule has 1 unspecified atom stereocenters. The molecule has 0 saturated carbocycles. The maximum Gasteiger partial charge on any atom is 0.0624 e. The quantitative estimate of drug-likeness (QED) is 0.752. The Morgan fingerprint density at radius 1 is 1.35 bits per heavy atom. The second-order valence-corrected chi connectivity index (χ2v) is 5.05. The Morgan fingerprint density at radius 3 is 2.65 bits per heavy atom. The normalized spacial score (nSPS) is 13.2. The highest BCUT2D eigenvalue weighted by Gasteiger charge is 2.06. The number of nitrogens with zero attached hydrogens (tertiary/aromatic N) is 2. The van der Waals surface area contributed by atoms with Gasteiger partial charge in [-0.2, -0.15) is 5.10 Å². The average molecular weight is 237 g/mol. The van der Waals surface area contributed by atoms with E-state index >= 15 is 0 Å². The van der Waals surface area contributed by atoms with E-state index in [1.54, 1.807) is 0 Å². The minimum atomic E-state index is 0.467. The van der Waals surface area contributed by atoms with Crippen LogP contribution in [0.3, 0.4) is 0 Å². The lowest BCUT2D eigenvalue weighted by Crippen LogP contribution is -2.24. The third-order valence-electron chi connectivity index (χ3n) is 3.22. The molecule has 3 heteroatoms. The highest BCUT2D eigenvalue weighted by atomic mass is 15.3. The lowest BCUT2D eigenvalue weighted by molar-refractivity contribution is 0.466. The van der Waals surface area contributed by atoms with E-state index < -0.39 is 0 Å². The molecular weight excluding hydrogens is 210 g/mol. The molecule has 98 valence electrons. The van der Waals surface area contributed by atoms with E-state index in [2.05, 4.69) is 50.5 Å². The zero-order valence-electron chi connectivity index (χ0n) is 11.7. The minimum Gasteiger partial charge on any atom is -0.317 e. The molecule has 0 aliphatic carbocycles. The summed E-state index contributed by atoms with van der Waals surface area (Å²) < 4.78 is 2.04. The summed E-state index contributed by atoms with van der Waals surface area (Å²) >= 11 is 0. The van der Waals surface area contributed by atoms with Crippen molar-refractivity contribution in [2.75, 3.05) is 7.05 Å². The summed E-state index contributed by atoms with van der Waals surface area (Å²) in [5.74, 6) is 0. The van der Waals surface area contributed by atoms with Crippen LogP contribution in [-0.4, -0.2) is 22.9 Å². The number of hydrogen-bond acceptors (Lipinski definition) is 2. The van der Waals surface area contributed by atoms with Gasteiger partial charge in [0.05, 0.1) is 5.69 Å². The molecule has 1 rings (SSSR count). The molecule has 1 aromatic heterocycles. The molecule has 0 radical (unpaired) electrons. The van der Waals surface area contributed by atoms with Crippen LogP contribution in [0.4, 0.5) is 0 Å². The van der Waals surface area contributed by atoms with Crippen molar-refractivity contribution in [1.29, 1.82) is 0 Å². The average Bonchev–Trinajstić information content (AvgIpc) is 2.77. The van der Waals surface area contributed by atoms with E-state index in [0.717, 1.165) is 6.42 Å². The van der Waals surface area contributed by atoms with Gasteiger partial charge in [-0.15, -0.1) is 0 Å². The van der Waals surface area contributed by atoms with Crippen molar-refractivity contribution in [1.82, 2.24) is 15.1 Å². The van der Waals surface area contributed by atoms with Gasteiger partial charge in [-0.25, -0.2) is 0 Å². The number of rotatable bonds is 8. The molecule has 0 fully saturated rings. The number of aryl methyl sites for hydroxylation is 1. The van der Waals surface area contributed by atoms with E-state index in [1.807, 2.05) is 4.68 Å². The fourth-order valence-corrected chi connectivity index (χ4v) is 2.11. The van der Waals surface area contributed by atoms with Crippen molar-refractivity contribution in [2.24, 2.45) is 0 Å². The van der Waals surface area contributed by atoms with Gasteiger partial charge in [0.2, 0.25) is 0 Å². The largest absolute Gasteiger partial charge is 0.317 e. The number of aromatic nitrogens is 2. The molecule has 0 aromatic carbocycles. The molecule has 1 atom stereocenters. The summed E-state index contributed by atoms with van der Waals surface area (Å²) in [6.07, 6.45) is 8.19. The predicted molar refractivity (Wildman–Crippen MR) is 73.3 cm³/mol. The minimum absolute atomic E-state index is 0.467. The molecular formula is C14H27N3. The van der Waals surface area contributed by atoms with Gasteiger partial charge in [-0.05, 0) is 52.6 Å². The molecule has 0 bridgehead atoms. The van der Waals surface area contributed by atoms with Gasteiger partial charge in [-0.3, -0.25) is 4.68 Å². The van der Waals surface area contributed by atoms with Crippen LogP contribution in [0.25, 0.3) is 0 Å². The van der Waals surface area contributed by atoms with Crippen LogP contribution in [-0.2, 0) is 6.42 Å². The van der Waals surface area contributed by atoms with Crippen molar-refractivity contribution in [3.8, 4) is 0 Å². The fraction of sp³-hybridized carbons (Fsp3) is 0.786. The van der Waals surface area contributed by atoms with Crippen LogP contribution in [0.15, 0.2) is 12.3 Å². The predicted octanol–water partition coefficient (Wildman–Crippen LogP) is 3.17. The first-order valence-corrected chi connectivity index (χ1v) is 6.88. The Labute approximate surface area is 106 Å². The standard InChI is InChI=1S/C14H27N3/c1-5-7-13(15-4)8-6-9-14-10-11-17(16-14)12(2)3/h10-13,15H,5-9H2,1-4H3. The summed E-state index contributed by atoms with van der Waals surface area (Å²) in [7, 11) is 2.06. The van der Waals surface area contributed by atoms with Crippen LogP contribution < -0.4 is 5.32 Å².